The van der Waals surface area contributed by atoms with Crippen LogP contribution in [0.15, 0.2) is 72.8 Å². The van der Waals surface area contributed by atoms with E-state index in [1.165, 1.54) is 19.2 Å². The molecule has 3 rings (SSSR count). The van der Waals surface area contributed by atoms with Crippen LogP contribution in [0.1, 0.15) is 28.4 Å². The Kier molecular flexibility index (Phi) is 9.17. The van der Waals surface area contributed by atoms with Gasteiger partial charge in [-0.2, -0.15) is 0 Å². The van der Waals surface area contributed by atoms with Crippen molar-refractivity contribution in [2.24, 2.45) is 0 Å². The van der Waals surface area contributed by atoms with Crippen molar-refractivity contribution in [2.75, 3.05) is 7.11 Å². The van der Waals surface area contributed by atoms with Gasteiger partial charge in [0.05, 0.1) is 26.5 Å². The molecule has 0 saturated carbocycles. The molecule has 0 amide bonds. The third-order valence-corrected chi connectivity index (χ3v) is 8.86. The summed E-state index contributed by atoms with van der Waals surface area (Å²) in [5, 5.41) is 3.24. The molecular formula is C29H34FNO4Si. The SMILES string of the molecule is COC(=O)[C@H](Cc1ccc(F)cc1)NCc1ccc(-c2ccccc2C(=O)OC(C)[Si](C)(C)C)cc1. The fourth-order valence-corrected chi connectivity index (χ4v) is 4.05. The van der Waals surface area contributed by atoms with Gasteiger partial charge < -0.3 is 14.8 Å². The number of carbonyl (C=O) groups is 2. The average molecular weight is 508 g/mol. The summed E-state index contributed by atoms with van der Waals surface area (Å²) in [4.78, 5) is 25.2. The molecule has 0 aliphatic rings. The second kappa shape index (κ2) is 12.1. The maximum atomic E-state index is 13.2. The van der Waals surface area contributed by atoms with Gasteiger partial charge in [-0.25, -0.2) is 9.18 Å². The van der Waals surface area contributed by atoms with Crippen LogP contribution in [0.5, 0.6) is 0 Å². The smallest absolute Gasteiger partial charge is 0.338 e. The van der Waals surface area contributed by atoms with E-state index in [1.54, 1.807) is 18.2 Å². The highest BCUT2D eigenvalue weighted by molar-refractivity contribution is 6.77. The van der Waals surface area contributed by atoms with Crippen molar-refractivity contribution in [1.29, 1.82) is 0 Å². The number of nitrogens with one attached hydrogen (secondary N) is 1. The van der Waals surface area contributed by atoms with Crippen LogP contribution in [0.4, 0.5) is 4.39 Å². The van der Waals surface area contributed by atoms with E-state index in [-0.39, 0.29) is 23.5 Å². The molecule has 0 aromatic heterocycles. The van der Waals surface area contributed by atoms with E-state index < -0.39 is 14.1 Å². The van der Waals surface area contributed by atoms with E-state index in [4.69, 9.17) is 9.47 Å². The van der Waals surface area contributed by atoms with Crippen LogP contribution in [0, 0.1) is 5.82 Å². The van der Waals surface area contributed by atoms with Crippen LogP contribution in [-0.4, -0.2) is 38.9 Å². The molecule has 0 heterocycles. The van der Waals surface area contributed by atoms with E-state index >= 15 is 0 Å². The molecule has 2 atom stereocenters. The summed E-state index contributed by atoms with van der Waals surface area (Å²) in [5.41, 5.74) is 3.97. The van der Waals surface area contributed by atoms with Gasteiger partial charge >= 0.3 is 11.9 Å². The number of hydrogen-bond acceptors (Lipinski definition) is 5. The van der Waals surface area contributed by atoms with Crippen molar-refractivity contribution >= 4 is 20.0 Å². The normalized spacial score (nSPS) is 13.1. The molecule has 3 aromatic rings. The molecule has 3 aromatic carbocycles. The van der Waals surface area contributed by atoms with Gasteiger partial charge in [-0.3, -0.25) is 4.79 Å². The van der Waals surface area contributed by atoms with Gasteiger partial charge in [0.1, 0.15) is 11.9 Å². The zero-order chi connectivity index (χ0) is 26.3. The molecule has 0 aliphatic carbocycles. The number of ether oxygens (including phenoxy) is 2. The third-order valence-electron chi connectivity index (χ3n) is 6.31. The zero-order valence-corrected chi connectivity index (χ0v) is 22.5. The lowest BCUT2D eigenvalue weighted by Gasteiger charge is -2.25. The van der Waals surface area contributed by atoms with Crippen molar-refractivity contribution in [1.82, 2.24) is 5.32 Å². The lowest BCUT2D eigenvalue weighted by atomic mass is 9.98. The first-order valence-corrected chi connectivity index (χ1v) is 15.6. The summed E-state index contributed by atoms with van der Waals surface area (Å²) in [6, 6.07) is 20.8. The van der Waals surface area contributed by atoms with Crippen LogP contribution < -0.4 is 5.32 Å². The van der Waals surface area contributed by atoms with Crippen LogP contribution >= 0.6 is 0 Å². The van der Waals surface area contributed by atoms with E-state index in [2.05, 4.69) is 25.0 Å². The van der Waals surface area contributed by atoms with E-state index in [0.717, 1.165) is 22.3 Å². The second-order valence-corrected chi connectivity index (χ2v) is 15.5. The van der Waals surface area contributed by atoms with Crippen LogP contribution in [0.3, 0.4) is 0 Å². The molecule has 5 nitrogen and oxygen atoms in total. The Morgan fingerprint density at radius 3 is 2.14 bits per heavy atom. The number of rotatable bonds is 10. The summed E-state index contributed by atoms with van der Waals surface area (Å²) in [5.74, 6) is -1.01. The van der Waals surface area contributed by atoms with Crippen LogP contribution in [0.25, 0.3) is 11.1 Å². The Morgan fingerprint density at radius 1 is 0.917 bits per heavy atom. The van der Waals surface area contributed by atoms with Crippen molar-refractivity contribution in [2.45, 2.75) is 51.3 Å². The van der Waals surface area contributed by atoms with Crippen molar-refractivity contribution < 1.29 is 23.5 Å². The van der Waals surface area contributed by atoms with Gasteiger partial charge in [0.2, 0.25) is 0 Å². The number of esters is 2. The molecule has 0 saturated heterocycles. The quantitative estimate of drug-likeness (QED) is 0.278. The Bertz CT molecular complexity index is 1170. The number of halogens is 1. The average Bonchev–Trinajstić information content (AvgIpc) is 2.87. The van der Waals surface area contributed by atoms with Crippen LogP contribution in [-0.2, 0) is 27.2 Å². The van der Waals surface area contributed by atoms with Crippen molar-refractivity contribution in [3.63, 3.8) is 0 Å². The zero-order valence-electron chi connectivity index (χ0n) is 21.5. The topological polar surface area (TPSA) is 64.6 Å². The first-order chi connectivity index (χ1) is 17.1. The Balaban J connectivity index is 1.71. The van der Waals surface area contributed by atoms with Gasteiger partial charge in [0.15, 0.2) is 0 Å². The van der Waals surface area contributed by atoms with Gasteiger partial charge in [-0.15, -0.1) is 0 Å². The summed E-state index contributed by atoms with van der Waals surface area (Å²) < 4.78 is 23.9. The highest BCUT2D eigenvalue weighted by atomic mass is 28.3. The summed E-state index contributed by atoms with van der Waals surface area (Å²) in [6.07, 6.45) is 0.385. The first-order valence-electron chi connectivity index (χ1n) is 12.0. The lowest BCUT2D eigenvalue weighted by molar-refractivity contribution is -0.143. The highest BCUT2D eigenvalue weighted by Gasteiger charge is 2.27. The monoisotopic (exact) mass is 507 g/mol. The molecule has 190 valence electrons. The third kappa shape index (κ3) is 7.35. The summed E-state index contributed by atoms with van der Waals surface area (Å²) >= 11 is 0. The van der Waals surface area contributed by atoms with Gasteiger partial charge in [-0.05, 0) is 53.8 Å². The predicted octanol–water partition coefficient (Wildman–Crippen LogP) is 5.79. The molecular weight excluding hydrogens is 473 g/mol. The second-order valence-electron chi connectivity index (χ2n) is 9.94. The predicted molar refractivity (Wildman–Crippen MR) is 143 cm³/mol. The minimum Gasteiger partial charge on any atom is -0.468 e. The molecule has 0 fully saturated rings. The van der Waals surface area contributed by atoms with Gasteiger partial charge in [0.25, 0.3) is 0 Å². The first kappa shape index (κ1) is 27.3. The Hall–Kier alpha value is -3.29. The Morgan fingerprint density at radius 2 is 1.53 bits per heavy atom. The minimum atomic E-state index is -1.62. The maximum absolute atomic E-state index is 13.2. The largest absolute Gasteiger partial charge is 0.468 e. The highest BCUT2D eigenvalue weighted by Crippen LogP contribution is 2.26. The van der Waals surface area contributed by atoms with Crippen molar-refractivity contribution in [3.8, 4) is 11.1 Å². The molecule has 0 spiro atoms. The number of benzene rings is 3. The van der Waals surface area contributed by atoms with Crippen molar-refractivity contribution in [3.05, 3.63) is 95.3 Å². The molecule has 1 N–H and O–H groups in total. The van der Waals surface area contributed by atoms with E-state index in [9.17, 15) is 14.0 Å². The summed E-state index contributed by atoms with van der Waals surface area (Å²) in [6.45, 7) is 8.93. The number of hydrogen-bond donors (Lipinski definition) is 1. The van der Waals surface area contributed by atoms with Gasteiger partial charge in [0, 0.05) is 6.54 Å². The molecule has 1 unspecified atom stereocenters. The Labute approximate surface area is 213 Å². The fourth-order valence-electron chi connectivity index (χ4n) is 3.59. The van der Waals surface area contributed by atoms with Crippen LogP contribution in [0.2, 0.25) is 19.6 Å². The van der Waals surface area contributed by atoms with E-state index in [1.807, 2.05) is 49.4 Å². The minimum absolute atomic E-state index is 0.0934. The summed E-state index contributed by atoms with van der Waals surface area (Å²) in [7, 11) is -0.267. The number of methoxy groups -OCH3 is 1. The molecule has 0 bridgehead atoms. The van der Waals surface area contributed by atoms with E-state index in [0.29, 0.717) is 18.5 Å². The molecule has 7 heteroatoms. The lowest BCUT2D eigenvalue weighted by Crippen LogP contribution is -2.39. The molecule has 0 aliphatic heterocycles. The standard InChI is InChI=1S/C29H34FNO4Si/c1-20(36(3,4)5)35-28(32)26-9-7-6-8-25(26)23-14-10-22(11-15-23)19-31-27(29(33)34-2)18-21-12-16-24(30)17-13-21/h6-17,20,27,31H,18-19H2,1-5H3/t20?,27-/m0/s1. The molecule has 36 heavy (non-hydrogen) atoms. The van der Waals surface area contributed by atoms with Gasteiger partial charge in [-0.1, -0.05) is 74.2 Å². The maximum Gasteiger partial charge on any atom is 0.338 e. The molecule has 0 radical (unpaired) electrons. The fraction of sp³-hybridized carbons (Fsp3) is 0.310. The number of carbonyl (C=O) groups excluding carboxylic acids is 2.